The molecule has 0 aliphatic rings. The van der Waals surface area contributed by atoms with E-state index in [1.807, 2.05) is 26.8 Å². The SMILES string of the molecule is CC.CSc1cc(-c2nc(C)c(C)s2)ccc1Nc1cc(Cl)nc2c1nc(C)n2PI. The van der Waals surface area contributed by atoms with E-state index >= 15 is 0 Å². The number of halogens is 2. The molecule has 3 heterocycles. The van der Waals surface area contributed by atoms with E-state index in [0.717, 1.165) is 49.5 Å². The molecular formula is C21H24ClIN5PS2. The summed E-state index contributed by atoms with van der Waals surface area (Å²) < 4.78 is 2.08. The van der Waals surface area contributed by atoms with Crippen LogP contribution in [0.4, 0.5) is 11.4 Å². The van der Waals surface area contributed by atoms with Gasteiger partial charge in [-0.25, -0.2) is 15.0 Å². The number of hydrogen-bond donors (Lipinski definition) is 1. The largest absolute Gasteiger partial charge is 0.353 e. The topological polar surface area (TPSA) is 55.6 Å². The lowest BCUT2D eigenvalue weighted by atomic mass is 10.2. The molecule has 164 valence electrons. The summed E-state index contributed by atoms with van der Waals surface area (Å²) in [6.07, 6.45) is 2.59. The highest BCUT2D eigenvalue weighted by molar-refractivity contribution is 14.2. The third-order valence-corrected chi connectivity index (χ3v) is 8.83. The zero-order valence-corrected chi connectivity index (χ0v) is 23.7. The highest BCUT2D eigenvalue weighted by atomic mass is 127. The van der Waals surface area contributed by atoms with Crippen LogP contribution in [0.5, 0.6) is 0 Å². The Morgan fingerprint density at radius 3 is 2.45 bits per heavy atom. The third-order valence-electron chi connectivity index (χ3n) is 4.58. The van der Waals surface area contributed by atoms with Crippen LogP contribution in [0.25, 0.3) is 21.7 Å². The van der Waals surface area contributed by atoms with Gasteiger partial charge in [-0.05, 0) is 67.3 Å². The second-order valence-electron chi connectivity index (χ2n) is 6.44. The van der Waals surface area contributed by atoms with E-state index in [-0.39, 0.29) is 0 Å². The number of hydrogen-bond acceptors (Lipinski definition) is 6. The highest BCUT2D eigenvalue weighted by Crippen LogP contribution is 2.38. The number of fused-ring (bicyclic) bond motifs is 1. The van der Waals surface area contributed by atoms with Crippen molar-refractivity contribution in [1.82, 2.24) is 19.3 Å². The first-order valence-electron chi connectivity index (χ1n) is 9.73. The summed E-state index contributed by atoms with van der Waals surface area (Å²) in [6.45, 7) is 10.2. The van der Waals surface area contributed by atoms with Crippen molar-refractivity contribution in [2.45, 2.75) is 39.5 Å². The van der Waals surface area contributed by atoms with E-state index in [1.54, 1.807) is 23.1 Å². The zero-order chi connectivity index (χ0) is 22.7. The predicted octanol–water partition coefficient (Wildman–Crippen LogP) is 8.42. The van der Waals surface area contributed by atoms with E-state index in [0.29, 0.717) is 11.5 Å². The molecule has 0 fully saturated rings. The van der Waals surface area contributed by atoms with E-state index in [1.165, 1.54) is 4.88 Å². The lowest BCUT2D eigenvalue weighted by molar-refractivity contribution is 1.10. The van der Waals surface area contributed by atoms with Crippen molar-refractivity contribution in [3.05, 3.63) is 45.8 Å². The van der Waals surface area contributed by atoms with Crippen molar-refractivity contribution in [3.63, 3.8) is 0 Å². The Kier molecular flexibility index (Phi) is 8.60. The molecule has 5 nitrogen and oxygen atoms in total. The Bertz CT molecular complexity index is 1200. The van der Waals surface area contributed by atoms with Gasteiger partial charge in [0, 0.05) is 21.4 Å². The minimum absolute atomic E-state index is 0.451. The molecular weight excluding hydrogens is 580 g/mol. The first-order chi connectivity index (χ1) is 14.9. The molecule has 0 aliphatic heterocycles. The molecule has 0 radical (unpaired) electrons. The second-order valence-corrected chi connectivity index (χ2v) is 10.9. The van der Waals surface area contributed by atoms with Crippen LogP contribution >= 0.6 is 63.1 Å². The molecule has 3 aromatic heterocycles. The van der Waals surface area contributed by atoms with Crippen molar-refractivity contribution < 1.29 is 0 Å². The number of thiazole rings is 1. The second kappa shape index (κ2) is 10.8. The summed E-state index contributed by atoms with van der Waals surface area (Å²) >= 11 is 12.1. The average Bonchev–Trinajstić information content (AvgIpc) is 3.27. The minimum atomic E-state index is 0.451. The fraction of sp³-hybridized carbons (Fsp3) is 0.286. The van der Waals surface area contributed by atoms with Crippen LogP contribution in [0, 0.1) is 20.8 Å². The zero-order valence-electron chi connectivity index (χ0n) is 18.2. The van der Waals surface area contributed by atoms with E-state index in [2.05, 4.69) is 75.0 Å². The first kappa shape index (κ1) is 24.7. The first-order valence-corrected chi connectivity index (χ1v) is 16.2. The molecule has 10 heteroatoms. The monoisotopic (exact) mass is 603 g/mol. The fourth-order valence-electron chi connectivity index (χ4n) is 2.99. The maximum Gasteiger partial charge on any atom is 0.167 e. The summed E-state index contributed by atoms with van der Waals surface area (Å²) in [6, 6.07) is 8.22. The quantitative estimate of drug-likeness (QED) is 0.107. The van der Waals surface area contributed by atoms with Gasteiger partial charge in [0.15, 0.2) is 5.65 Å². The molecule has 4 rings (SSSR count). The van der Waals surface area contributed by atoms with Gasteiger partial charge in [0.25, 0.3) is 0 Å². The van der Waals surface area contributed by atoms with Crippen LogP contribution in [0.15, 0.2) is 29.2 Å². The Hall–Kier alpha value is -0.930. The smallest absolute Gasteiger partial charge is 0.167 e. The summed E-state index contributed by atoms with van der Waals surface area (Å²) in [5.74, 6) is 0.931. The van der Waals surface area contributed by atoms with Crippen LogP contribution in [0.2, 0.25) is 5.15 Å². The molecule has 0 spiro atoms. The van der Waals surface area contributed by atoms with Gasteiger partial charge < -0.3 is 5.32 Å². The third kappa shape index (κ3) is 5.19. The molecule has 0 saturated heterocycles. The average molecular weight is 604 g/mol. The van der Waals surface area contributed by atoms with E-state index < -0.39 is 0 Å². The van der Waals surface area contributed by atoms with Crippen LogP contribution < -0.4 is 5.32 Å². The number of thioether (sulfide) groups is 1. The number of aryl methyl sites for hydroxylation is 3. The van der Waals surface area contributed by atoms with E-state index in [9.17, 15) is 0 Å². The minimum Gasteiger partial charge on any atom is -0.353 e. The lowest BCUT2D eigenvalue weighted by Crippen LogP contribution is -1.96. The molecule has 1 unspecified atom stereocenters. The van der Waals surface area contributed by atoms with Gasteiger partial charge in [-0.3, -0.25) is 4.34 Å². The molecule has 4 aromatic rings. The standard InChI is InChI=1S/C19H18ClIN5PS2.C2H6/c1-9-10(2)29-19(22-9)12-5-6-13(15(7-12)28-4)24-14-8-16(20)25-18-17(14)23-11(3)26(18)27-21;1-2/h5-8,27H,1-4H3,(H,24,25);1-2H3. The molecule has 0 bridgehead atoms. The van der Waals surface area contributed by atoms with Crippen molar-refractivity contribution >= 4 is 85.7 Å². The number of anilines is 2. The number of nitrogens with zero attached hydrogens (tertiary/aromatic N) is 4. The van der Waals surface area contributed by atoms with Gasteiger partial charge >= 0.3 is 0 Å². The Labute approximate surface area is 211 Å². The Balaban J connectivity index is 0.00000132. The van der Waals surface area contributed by atoms with Gasteiger partial charge in [-0.1, -0.05) is 25.4 Å². The van der Waals surface area contributed by atoms with Crippen molar-refractivity contribution in [1.29, 1.82) is 0 Å². The van der Waals surface area contributed by atoms with Crippen LogP contribution in [-0.2, 0) is 0 Å². The number of pyridine rings is 1. The maximum atomic E-state index is 6.32. The summed E-state index contributed by atoms with van der Waals surface area (Å²) in [5, 5.41) is 5.03. The molecule has 0 saturated carbocycles. The van der Waals surface area contributed by atoms with Crippen LogP contribution in [0.3, 0.4) is 0 Å². The normalized spacial score (nSPS) is 11.2. The lowest BCUT2D eigenvalue weighted by Gasteiger charge is -2.13. The summed E-state index contributed by atoms with van der Waals surface area (Å²) in [7, 11) is 0. The fourth-order valence-corrected chi connectivity index (χ4v) is 6.82. The van der Waals surface area contributed by atoms with Crippen molar-refractivity contribution in [2.24, 2.45) is 0 Å². The van der Waals surface area contributed by atoms with Crippen molar-refractivity contribution in [2.75, 3.05) is 11.6 Å². The van der Waals surface area contributed by atoms with Crippen molar-refractivity contribution in [3.8, 4) is 10.6 Å². The maximum absolute atomic E-state index is 6.32. The van der Waals surface area contributed by atoms with Crippen LogP contribution in [-0.4, -0.2) is 25.5 Å². The molecule has 31 heavy (non-hydrogen) atoms. The molecule has 1 atom stereocenters. The van der Waals surface area contributed by atoms with Gasteiger partial charge in [0.1, 0.15) is 21.5 Å². The summed E-state index contributed by atoms with van der Waals surface area (Å²) in [5.41, 5.74) is 5.73. The number of nitrogens with one attached hydrogen (secondary N) is 1. The number of imidazole rings is 1. The Morgan fingerprint density at radius 1 is 1.10 bits per heavy atom. The van der Waals surface area contributed by atoms with Gasteiger partial charge in [0.05, 0.1) is 23.4 Å². The van der Waals surface area contributed by atoms with Gasteiger partial charge in [0.2, 0.25) is 0 Å². The van der Waals surface area contributed by atoms with Gasteiger partial charge in [-0.15, -0.1) is 23.1 Å². The van der Waals surface area contributed by atoms with Gasteiger partial charge in [-0.2, -0.15) is 0 Å². The van der Waals surface area contributed by atoms with E-state index in [4.69, 9.17) is 21.6 Å². The number of benzene rings is 1. The predicted molar refractivity (Wildman–Crippen MR) is 148 cm³/mol. The Morgan fingerprint density at radius 2 is 1.84 bits per heavy atom. The molecule has 1 aromatic carbocycles. The summed E-state index contributed by atoms with van der Waals surface area (Å²) in [4.78, 5) is 16.3. The van der Waals surface area contributed by atoms with Crippen LogP contribution in [0.1, 0.15) is 30.2 Å². The molecule has 0 amide bonds. The number of aromatic nitrogens is 4. The number of rotatable bonds is 5. The molecule has 1 N–H and O–H groups in total. The molecule has 0 aliphatic carbocycles. The highest BCUT2D eigenvalue weighted by Gasteiger charge is 2.16.